The third kappa shape index (κ3) is 9.69. The summed E-state index contributed by atoms with van der Waals surface area (Å²) in [7, 11) is 3.55. The Balaban J connectivity index is 2.39. The molecular weight excluding hydrogens is 466 g/mol. The maximum Gasteiger partial charge on any atom is 0.247 e. The minimum absolute atomic E-state index is 0.155. The average Bonchev–Trinajstić information content (AvgIpc) is 2.91. The zero-order valence-electron chi connectivity index (χ0n) is 21.5. The minimum atomic E-state index is -0.923. The van der Waals surface area contributed by atoms with Gasteiger partial charge in [0.1, 0.15) is 11.8 Å². The lowest BCUT2D eigenvalue weighted by Gasteiger charge is -2.35. The van der Waals surface area contributed by atoms with Gasteiger partial charge in [-0.05, 0) is 48.4 Å². The summed E-state index contributed by atoms with van der Waals surface area (Å²) in [5.41, 5.74) is 2.22. The number of carbonyl (C=O) groups excluding carboxylic acids is 2. The zero-order valence-corrected chi connectivity index (χ0v) is 21.5. The van der Waals surface area contributed by atoms with Crippen LogP contribution in [0.1, 0.15) is 24.8 Å². The van der Waals surface area contributed by atoms with E-state index in [1.54, 1.807) is 59.5 Å². The Hall–Kier alpha value is -3.71. The van der Waals surface area contributed by atoms with E-state index in [4.69, 9.17) is 4.74 Å². The number of rotatable bonds is 14. The van der Waals surface area contributed by atoms with Crippen LogP contribution in [0, 0.1) is 13.0 Å². The first-order valence-corrected chi connectivity index (χ1v) is 12.4. The van der Waals surface area contributed by atoms with Crippen LogP contribution >= 0.6 is 0 Å². The second-order valence-corrected chi connectivity index (χ2v) is 8.78. The highest BCUT2D eigenvalue weighted by atomic mass is 16.5. The highest BCUT2D eigenvalue weighted by molar-refractivity contribution is 5.98. The van der Waals surface area contributed by atoms with Gasteiger partial charge in [-0.1, -0.05) is 62.2 Å². The predicted octanol–water partition coefficient (Wildman–Crippen LogP) is 4.34. The van der Waals surface area contributed by atoms with Crippen LogP contribution < -0.4 is 5.32 Å². The largest absolute Gasteiger partial charge is 0.508 e. The second kappa shape index (κ2) is 16.1. The number of aryl methyl sites for hydroxylation is 1. The van der Waals surface area contributed by atoms with Crippen LogP contribution in [-0.4, -0.2) is 60.4 Å². The molecule has 1 heterocycles. The van der Waals surface area contributed by atoms with Gasteiger partial charge in [-0.15, -0.1) is 0 Å². The maximum absolute atomic E-state index is 13.7. The summed E-state index contributed by atoms with van der Waals surface area (Å²) in [4.78, 5) is 32.9. The molecule has 0 bridgehead atoms. The van der Waals surface area contributed by atoms with Gasteiger partial charge < -0.3 is 20.1 Å². The van der Waals surface area contributed by atoms with Crippen molar-refractivity contribution < 1.29 is 19.4 Å². The molecule has 1 aromatic rings. The Morgan fingerprint density at radius 3 is 2.41 bits per heavy atom. The van der Waals surface area contributed by atoms with Crippen LogP contribution in [0.25, 0.3) is 0 Å². The van der Waals surface area contributed by atoms with E-state index in [1.807, 2.05) is 0 Å². The summed E-state index contributed by atoms with van der Waals surface area (Å²) in [5.74, 6) is -0.121. The van der Waals surface area contributed by atoms with Crippen molar-refractivity contribution in [3.63, 3.8) is 0 Å². The van der Waals surface area contributed by atoms with Gasteiger partial charge in [0, 0.05) is 44.5 Å². The van der Waals surface area contributed by atoms with Crippen molar-refractivity contribution in [3.05, 3.63) is 98.1 Å². The number of nitrogens with one attached hydrogen (secondary N) is 1. The van der Waals surface area contributed by atoms with E-state index in [-0.39, 0.29) is 36.4 Å². The van der Waals surface area contributed by atoms with Crippen LogP contribution in [0.4, 0.5) is 0 Å². The van der Waals surface area contributed by atoms with E-state index >= 15 is 0 Å². The van der Waals surface area contributed by atoms with E-state index in [1.165, 1.54) is 6.21 Å². The molecule has 0 aromatic heterocycles. The third-order valence-corrected chi connectivity index (χ3v) is 6.17. The van der Waals surface area contributed by atoms with Crippen LogP contribution in [-0.2, 0) is 20.7 Å². The number of hydrogen-bond donors (Lipinski definition) is 2. The topological polar surface area (TPSA) is 91.2 Å². The first-order chi connectivity index (χ1) is 17.9. The van der Waals surface area contributed by atoms with E-state index in [0.717, 1.165) is 24.0 Å². The number of benzene rings is 1. The number of allylic oxidation sites excluding steroid dienone is 4. The molecule has 2 amide bonds. The maximum atomic E-state index is 13.7. The Morgan fingerprint density at radius 1 is 1.14 bits per heavy atom. The van der Waals surface area contributed by atoms with Crippen LogP contribution in [0.3, 0.4) is 0 Å². The number of aromatic hydroxyl groups is 1. The first kappa shape index (κ1) is 29.5. The number of phenols is 1. The molecule has 1 atom stereocenters. The Labute approximate surface area is 220 Å². The Kier molecular flexibility index (Phi) is 12.9. The van der Waals surface area contributed by atoms with E-state index in [9.17, 15) is 14.7 Å². The molecule has 2 N–H and O–H groups in total. The van der Waals surface area contributed by atoms with E-state index in [2.05, 4.69) is 37.1 Å². The van der Waals surface area contributed by atoms with E-state index < -0.39 is 6.04 Å². The smallest absolute Gasteiger partial charge is 0.247 e. The summed E-state index contributed by atoms with van der Waals surface area (Å²) < 4.78 is 5.51. The number of amides is 2. The first-order valence-electron chi connectivity index (χ1n) is 12.4. The van der Waals surface area contributed by atoms with Crippen molar-refractivity contribution in [1.29, 1.82) is 0 Å². The van der Waals surface area contributed by atoms with Crippen molar-refractivity contribution in [1.82, 2.24) is 10.2 Å². The minimum Gasteiger partial charge on any atom is -0.508 e. The van der Waals surface area contributed by atoms with Crippen LogP contribution in [0.15, 0.2) is 90.5 Å². The number of phenolic OH excluding ortho intramolecular Hbond substituents is 1. The predicted molar refractivity (Wildman–Crippen MR) is 149 cm³/mol. The highest BCUT2D eigenvalue weighted by Crippen LogP contribution is 2.22. The van der Waals surface area contributed by atoms with Crippen molar-refractivity contribution >= 4 is 18.0 Å². The fraction of sp³-hybridized carbons (Fsp3) is 0.333. The van der Waals surface area contributed by atoms with Gasteiger partial charge in [0.2, 0.25) is 11.8 Å². The molecule has 1 aliphatic heterocycles. The number of ether oxygens (including phenoxy) is 1. The number of hydrogen-bond acceptors (Lipinski definition) is 5. The summed E-state index contributed by atoms with van der Waals surface area (Å²) in [5, 5.41) is 12.5. The van der Waals surface area contributed by atoms with Gasteiger partial charge in [-0.3, -0.25) is 14.6 Å². The zero-order chi connectivity index (χ0) is 27.0. The highest BCUT2D eigenvalue weighted by Gasteiger charge is 2.34. The number of nitrogens with zero attached hydrogens (tertiary/aromatic N) is 2. The standard InChI is InChI=1S/C30H38N3O4/c1-5-8-23(7-3)20-32-30(36)29(26(9-6-2)21-31-4)33(22-25-16-18-37-19-17-25)28(35)15-12-24-10-13-27(34)14-11-24/h5-11,13-14,21,25,29,34H,1-4,12,15-20,22H2,(H,32,36)/b23-8+,26-9+,31-21?. The number of carbonyl (C=O) groups is 2. The van der Waals surface area contributed by atoms with Gasteiger partial charge in [0.25, 0.3) is 0 Å². The van der Waals surface area contributed by atoms with Gasteiger partial charge in [-0.2, -0.15) is 0 Å². The molecule has 0 spiro atoms. The Morgan fingerprint density at radius 2 is 1.81 bits per heavy atom. The molecule has 7 heteroatoms. The van der Waals surface area contributed by atoms with Gasteiger partial charge in [-0.25, -0.2) is 0 Å². The molecule has 197 valence electrons. The van der Waals surface area contributed by atoms with Crippen molar-refractivity contribution in [2.24, 2.45) is 10.9 Å². The molecule has 2 rings (SSSR count). The van der Waals surface area contributed by atoms with Crippen molar-refractivity contribution in [2.45, 2.75) is 31.7 Å². The van der Waals surface area contributed by atoms with Crippen molar-refractivity contribution in [2.75, 3.05) is 26.3 Å². The molecule has 1 fully saturated rings. The molecule has 0 saturated carbocycles. The molecule has 1 aliphatic rings. The SMILES string of the molecule is [CH2]N=C/C(=C\C=C)C(C(=O)NC/C(C=C)=C/C=C)N(CC1CCOCC1)C(=O)CCc1ccc(O)cc1. The molecular formula is C30H38N3O4. The van der Waals surface area contributed by atoms with Crippen LogP contribution in [0.2, 0.25) is 0 Å². The summed E-state index contributed by atoms with van der Waals surface area (Å²) in [6.07, 6.45) is 12.1. The van der Waals surface area contributed by atoms with Crippen molar-refractivity contribution in [3.8, 4) is 5.75 Å². The monoisotopic (exact) mass is 504 g/mol. The molecule has 1 unspecified atom stereocenters. The fourth-order valence-electron chi connectivity index (χ4n) is 4.17. The molecule has 37 heavy (non-hydrogen) atoms. The van der Waals surface area contributed by atoms with Gasteiger partial charge >= 0.3 is 0 Å². The fourth-order valence-corrected chi connectivity index (χ4v) is 4.17. The van der Waals surface area contributed by atoms with Gasteiger partial charge in [0.05, 0.1) is 7.05 Å². The van der Waals surface area contributed by atoms with Gasteiger partial charge in [0.15, 0.2) is 0 Å². The second-order valence-electron chi connectivity index (χ2n) is 8.78. The summed E-state index contributed by atoms with van der Waals surface area (Å²) in [6, 6.07) is 5.85. The summed E-state index contributed by atoms with van der Waals surface area (Å²) in [6.45, 7) is 13.2. The third-order valence-electron chi connectivity index (χ3n) is 6.17. The quantitative estimate of drug-likeness (QED) is 0.291. The molecule has 1 saturated heterocycles. The van der Waals surface area contributed by atoms with E-state index in [0.29, 0.717) is 31.8 Å². The normalized spacial score (nSPS) is 15.7. The lowest BCUT2D eigenvalue weighted by Crippen LogP contribution is -2.53. The van der Waals surface area contributed by atoms with Crippen LogP contribution in [0.5, 0.6) is 5.75 Å². The average molecular weight is 505 g/mol. The lowest BCUT2D eigenvalue weighted by molar-refractivity contribution is -0.140. The Bertz CT molecular complexity index is 1020. The molecule has 1 aromatic carbocycles. The molecule has 0 aliphatic carbocycles. The lowest BCUT2D eigenvalue weighted by atomic mass is 9.96. The summed E-state index contributed by atoms with van der Waals surface area (Å²) >= 11 is 0. The molecule has 1 radical (unpaired) electrons. The molecule has 7 nitrogen and oxygen atoms in total. The number of aliphatic imine (C=N–C) groups is 1.